The molecule has 4 heterocycles. The van der Waals surface area contributed by atoms with Crippen LogP contribution >= 0.6 is 0 Å². The number of nitrogens with one attached hydrogen (secondary N) is 4. The van der Waals surface area contributed by atoms with Crippen LogP contribution in [0.5, 0.6) is 0 Å². The number of H-pyrrole nitrogens is 2. The number of carbonyl (C=O) groups is 3. The van der Waals surface area contributed by atoms with Gasteiger partial charge in [0.25, 0.3) is 0 Å². The van der Waals surface area contributed by atoms with Crippen molar-refractivity contribution in [2.24, 2.45) is 11.8 Å². The van der Waals surface area contributed by atoms with Crippen LogP contribution in [0.15, 0.2) is 54.7 Å². The fourth-order valence-corrected chi connectivity index (χ4v) is 12.3. The minimum atomic E-state index is -1.76. The Morgan fingerprint density at radius 2 is 1.70 bits per heavy atom. The second-order valence-corrected chi connectivity index (χ2v) is 23.8. The summed E-state index contributed by atoms with van der Waals surface area (Å²) < 4.78 is 4.85. The van der Waals surface area contributed by atoms with Gasteiger partial charge in [-0.1, -0.05) is 77.2 Å². The molecular formula is C46H60N8O5Si. The van der Waals surface area contributed by atoms with Gasteiger partial charge < -0.3 is 35.3 Å². The number of aliphatic hydroxyl groups is 1. The lowest BCUT2D eigenvalue weighted by Crippen LogP contribution is -2.52. The van der Waals surface area contributed by atoms with Gasteiger partial charge in [0, 0.05) is 29.7 Å². The van der Waals surface area contributed by atoms with Gasteiger partial charge in [-0.15, -0.1) is 0 Å². The van der Waals surface area contributed by atoms with E-state index in [0.29, 0.717) is 18.6 Å². The van der Waals surface area contributed by atoms with E-state index < -0.39 is 26.8 Å². The van der Waals surface area contributed by atoms with E-state index in [0.717, 1.165) is 94.1 Å². The molecule has 13 nitrogen and oxygen atoms in total. The van der Waals surface area contributed by atoms with Crippen molar-refractivity contribution in [2.45, 2.75) is 103 Å². The van der Waals surface area contributed by atoms with Crippen molar-refractivity contribution in [3.05, 3.63) is 71.9 Å². The molecule has 3 fully saturated rings. The lowest BCUT2D eigenvalue weighted by Gasteiger charge is -2.30. The number of hydrogen-bond acceptors (Lipinski definition) is 8. The number of alkyl carbamates (subject to hydrolysis) is 1. The Morgan fingerprint density at radius 3 is 2.42 bits per heavy atom. The number of fused-ring (bicyclic) bond motifs is 3. The van der Waals surface area contributed by atoms with Gasteiger partial charge in [-0.25, -0.2) is 14.8 Å². The lowest BCUT2D eigenvalue weighted by molar-refractivity contribution is -0.135. The number of amides is 3. The van der Waals surface area contributed by atoms with Gasteiger partial charge in [0.1, 0.15) is 24.3 Å². The average molecular weight is 833 g/mol. The molecule has 60 heavy (non-hydrogen) atoms. The highest BCUT2D eigenvalue weighted by Crippen LogP contribution is 2.46. The summed E-state index contributed by atoms with van der Waals surface area (Å²) >= 11 is 0. The monoisotopic (exact) mass is 832 g/mol. The highest BCUT2D eigenvalue weighted by atomic mass is 28.3. The first-order valence-corrected chi connectivity index (χ1v) is 25.1. The normalized spacial score (nSPS) is 20.3. The highest BCUT2D eigenvalue weighted by molar-refractivity contribution is 6.78. The zero-order valence-electron chi connectivity index (χ0n) is 36.0. The van der Waals surface area contributed by atoms with Crippen molar-refractivity contribution < 1.29 is 24.2 Å². The Labute approximate surface area is 353 Å². The molecule has 8 rings (SSSR count). The first-order valence-electron chi connectivity index (χ1n) is 21.6. The Morgan fingerprint density at radius 1 is 0.933 bits per heavy atom. The van der Waals surface area contributed by atoms with Gasteiger partial charge in [-0.2, -0.15) is 0 Å². The van der Waals surface area contributed by atoms with Crippen molar-refractivity contribution in [3.8, 4) is 22.4 Å². The van der Waals surface area contributed by atoms with Crippen LogP contribution in [0.3, 0.4) is 0 Å². The molecule has 2 aliphatic heterocycles. The number of aromatic nitrogens is 4. The fourth-order valence-electron chi connectivity index (χ4n) is 9.43. The molecule has 318 valence electrons. The SMILES string of the molecule is COC(=O)N[C@H](C(=O)N1C[Si](C)(C)C[C@H]1c1ncc(-c2ccc(-c3ccc4c(ccc5[nH]c([C@@H]6CCCN6C[C@@H](NC(=O)CO)C(C)C)nc54)c3)cc2C2CC2)[nH]1)C(C)C. The van der Waals surface area contributed by atoms with Crippen molar-refractivity contribution in [3.63, 3.8) is 0 Å². The molecule has 0 spiro atoms. The second-order valence-electron chi connectivity index (χ2n) is 18.7. The molecule has 0 unspecified atom stereocenters. The Balaban J connectivity index is 1.04. The minimum absolute atomic E-state index is 0.0589. The zero-order chi connectivity index (χ0) is 42.5. The van der Waals surface area contributed by atoms with E-state index in [-0.39, 0.29) is 41.8 Å². The molecule has 3 aromatic carbocycles. The van der Waals surface area contributed by atoms with Crippen molar-refractivity contribution in [2.75, 3.05) is 33.0 Å². The Hall–Kier alpha value is -5.05. The quantitative estimate of drug-likeness (QED) is 0.0764. The molecule has 2 aromatic heterocycles. The van der Waals surface area contributed by atoms with Crippen LogP contribution in [0.1, 0.15) is 88.6 Å². The summed E-state index contributed by atoms with van der Waals surface area (Å²) in [5.74, 6) is 1.92. The summed E-state index contributed by atoms with van der Waals surface area (Å²) in [6, 6.07) is 17.8. The number of likely N-dealkylation sites (tertiary alicyclic amines) is 1. The first kappa shape index (κ1) is 41.7. The minimum Gasteiger partial charge on any atom is -0.453 e. The van der Waals surface area contributed by atoms with Gasteiger partial charge in [0.15, 0.2) is 0 Å². The van der Waals surface area contributed by atoms with E-state index >= 15 is 0 Å². The van der Waals surface area contributed by atoms with E-state index in [4.69, 9.17) is 14.7 Å². The number of nitrogens with zero attached hydrogens (tertiary/aromatic N) is 4. The van der Waals surface area contributed by atoms with Gasteiger partial charge in [-0.3, -0.25) is 14.5 Å². The predicted molar refractivity (Wildman–Crippen MR) is 237 cm³/mol. The van der Waals surface area contributed by atoms with E-state index in [1.807, 2.05) is 24.9 Å². The first-order chi connectivity index (χ1) is 28.7. The standard InChI is InChI=1S/C46H60N8O5Si/c1-26(2)37(48-40(56)23-55)22-53-18-8-9-38(53)44-49-35-17-14-31-19-29(12-15-32(31)42(35)51-44)30-13-16-33(34(20-30)28-10-11-28)36-21-47-43(50-36)39-24-60(6,7)25-54(39)45(57)41(27(3)4)52-46(58)59-5/h12-17,19-21,26-28,37-39,41,55H,8-11,18,22-25H2,1-7H3,(H,47,50)(H,48,56)(H,49,51)(H,52,58)/t37-,38+,39+,41+/m1/s1. The molecule has 0 bridgehead atoms. The number of aromatic amines is 2. The van der Waals surface area contributed by atoms with E-state index in [2.05, 4.69) is 101 Å². The highest BCUT2D eigenvalue weighted by Gasteiger charge is 2.46. The van der Waals surface area contributed by atoms with Crippen LogP contribution in [0.2, 0.25) is 19.1 Å². The Bertz CT molecular complexity index is 2400. The molecule has 2 saturated heterocycles. The predicted octanol–water partition coefficient (Wildman–Crippen LogP) is 7.43. The lowest BCUT2D eigenvalue weighted by atomic mass is 9.94. The molecule has 5 aromatic rings. The third-order valence-electron chi connectivity index (χ3n) is 12.9. The van der Waals surface area contributed by atoms with Gasteiger partial charge >= 0.3 is 6.09 Å². The molecule has 0 radical (unpaired) electrons. The molecule has 4 atom stereocenters. The molecule has 5 N–H and O–H groups in total. The number of ether oxygens (including phenoxy) is 1. The van der Waals surface area contributed by atoms with Crippen LogP contribution in [-0.4, -0.2) is 106 Å². The maximum atomic E-state index is 14.0. The summed E-state index contributed by atoms with van der Waals surface area (Å²) in [7, 11) is -0.442. The summed E-state index contributed by atoms with van der Waals surface area (Å²) in [6.45, 7) is 13.8. The third-order valence-corrected chi connectivity index (χ3v) is 15.6. The van der Waals surface area contributed by atoms with Crippen molar-refractivity contribution in [1.29, 1.82) is 0 Å². The maximum absolute atomic E-state index is 14.0. The number of carbonyl (C=O) groups excluding carboxylic acids is 3. The number of imidazole rings is 2. The molecule has 14 heteroatoms. The second kappa shape index (κ2) is 16.8. The maximum Gasteiger partial charge on any atom is 0.407 e. The number of aliphatic hydroxyl groups excluding tert-OH is 1. The molecule has 3 amide bonds. The van der Waals surface area contributed by atoms with Crippen LogP contribution < -0.4 is 10.6 Å². The van der Waals surface area contributed by atoms with Crippen molar-refractivity contribution in [1.82, 2.24) is 40.4 Å². The number of methoxy groups -OCH3 is 1. The van der Waals surface area contributed by atoms with Gasteiger partial charge in [0.05, 0.1) is 50.2 Å². The van der Waals surface area contributed by atoms with E-state index in [1.165, 1.54) is 12.7 Å². The average Bonchev–Trinajstić information content (AvgIpc) is 3.53. The van der Waals surface area contributed by atoms with Gasteiger partial charge in [0.2, 0.25) is 11.8 Å². The summed E-state index contributed by atoms with van der Waals surface area (Å²) in [6.07, 6.45) is 6.36. The summed E-state index contributed by atoms with van der Waals surface area (Å²) in [5, 5.41) is 17.4. The topological polar surface area (TPSA) is 169 Å². The zero-order valence-corrected chi connectivity index (χ0v) is 37.0. The molecule has 1 aliphatic carbocycles. The van der Waals surface area contributed by atoms with Crippen LogP contribution in [0.4, 0.5) is 4.79 Å². The summed E-state index contributed by atoms with van der Waals surface area (Å²) in [4.78, 5) is 60.0. The van der Waals surface area contributed by atoms with E-state index in [9.17, 15) is 19.5 Å². The van der Waals surface area contributed by atoms with Crippen molar-refractivity contribution >= 4 is 47.8 Å². The van der Waals surface area contributed by atoms with Crippen LogP contribution in [0, 0.1) is 11.8 Å². The summed E-state index contributed by atoms with van der Waals surface area (Å²) in [5.41, 5.74) is 7.70. The largest absolute Gasteiger partial charge is 0.453 e. The number of hydrogen-bond donors (Lipinski definition) is 5. The third kappa shape index (κ3) is 8.46. The molecule has 1 saturated carbocycles. The van der Waals surface area contributed by atoms with Gasteiger partial charge in [-0.05, 0) is 90.2 Å². The number of benzene rings is 3. The number of rotatable bonds is 13. The molecular weight excluding hydrogens is 773 g/mol. The smallest absolute Gasteiger partial charge is 0.407 e. The van der Waals surface area contributed by atoms with E-state index in [1.54, 1.807) is 0 Å². The molecule has 3 aliphatic rings. The Kier molecular flexibility index (Phi) is 11.7. The van der Waals surface area contributed by atoms with Crippen LogP contribution in [-0.2, 0) is 14.3 Å². The fraction of sp³-hybridized carbons (Fsp3) is 0.500. The van der Waals surface area contributed by atoms with Crippen LogP contribution in [0.25, 0.3) is 44.2 Å².